The predicted molar refractivity (Wildman–Crippen MR) is 97.6 cm³/mol. The van der Waals surface area contributed by atoms with Crippen molar-refractivity contribution in [1.29, 1.82) is 0 Å². The maximum Gasteiger partial charge on any atom is 0.240 e. The maximum absolute atomic E-state index is 13.4. The molecule has 0 aromatic heterocycles. The zero-order chi connectivity index (χ0) is 18.8. The van der Waals surface area contributed by atoms with E-state index in [0.29, 0.717) is 12.4 Å². The lowest BCUT2D eigenvalue weighted by Gasteiger charge is -2.05. The average molecular weight is 357 g/mol. The lowest BCUT2D eigenvalue weighted by molar-refractivity contribution is -0.124. The van der Waals surface area contributed by atoms with Crippen LogP contribution in [0.25, 0.3) is 0 Å². The summed E-state index contributed by atoms with van der Waals surface area (Å²) < 4.78 is 18.8. The highest BCUT2D eigenvalue weighted by atomic mass is 19.1. The molecule has 136 valence electrons. The second-order valence-electron chi connectivity index (χ2n) is 5.33. The normalized spacial score (nSPS) is 10.5. The minimum absolute atomic E-state index is 0.0589. The van der Waals surface area contributed by atoms with Crippen LogP contribution in [0, 0.1) is 5.82 Å². The van der Waals surface area contributed by atoms with E-state index >= 15 is 0 Å². The van der Waals surface area contributed by atoms with Gasteiger partial charge < -0.3 is 10.1 Å². The van der Waals surface area contributed by atoms with E-state index in [9.17, 15) is 14.0 Å². The molecule has 0 spiro atoms. The van der Waals surface area contributed by atoms with E-state index in [1.54, 1.807) is 12.1 Å². The first-order chi connectivity index (χ1) is 12.6. The fourth-order valence-electron chi connectivity index (χ4n) is 2.09. The van der Waals surface area contributed by atoms with Crippen LogP contribution in [0.1, 0.15) is 25.3 Å². The summed E-state index contributed by atoms with van der Waals surface area (Å²) in [7, 11) is 0. The maximum atomic E-state index is 13.4. The van der Waals surface area contributed by atoms with E-state index in [-0.39, 0.29) is 18.5 Å². The summed E-state index contributed by atoms with van der Waals surface area (Å²) in [5, 5.41) is 6.27. The van der Waals surface area contributed by atoms with E-state index < -0.39 is 17.6 Å². The summed E-state index contributed by atoms with van der Waals surface area (Å²) in [6.45, 7) is 2.45. The molecule has 2 amide bonds. The molecule has 0 aliphatic rings. The Kier molecular flexibility index (Phi) is 7.30. The van der Waals surface area contributed by atoms with Gasteiger partial charge in [0.25, 0.3) is 0 Å². The summed E-state index contributed by atoms with van der Waals surface area (Å²) in [4.78, 5) is 23.5. The second-order valence-corrected chi connectivity index (χ2v) is 5.33. The van der Waals surface area contributed by atoms with Gasteiger partial charge in [-0.3, -0.25) is 9.59 Å². The van der Waals surface area contributed by atoms with Gasteiger partial charge >= 0.3 is 0 Å². The summed E-state index contributed by atoms with van der Waals surface area (Å²) in [5.41, 5.74) is 3.21. The van der Waals surface area contributed by atoms with Crippen molar-refractivity contribution in [2.24, 2.45) is 5.10 Å². The third kappa shape index (κ3) is 6.35. The Balaban J connectivity index is 1.75. The van der Waals surface area contributed by atoms with Crippen LogP contribution < -0.4 is 15.5 Å². The summed E-state index contributed by atoms with van der Waals surface area (Å²) in [5.74, 6) is -0.665. The fourth-order valence-corrected chi connectivity index (χ4v) is 2.09. The molecule has 0 saturated heterocycles. The van der Waals surface area contributed by atoms with Gasteiger partial charge in [-0.15, -0.1) is 0 Å². The minimum atomic E-state index is -0.524. The van der Waals surface area contributed by atoms with Crippen molar-refractivity contribution in [1.82, 2.24) is 5.43 Å². The standard InChI is InChI=1S/C19H20FN3O3/c1-2-26-15-7-5-6-14(12-15)13-21-23-19(25)11-10-18(24)22-17-9-4-3-8-16(17)20/h3-9,12-13H,2,10-11H2,1H3,(H,22,24)(H,23,25). The van der Waals surface area contributed by atoms with Crippen LogP contribution >= 0.6 is 0 Å². The van der Waals surface area contributed by atoms with Crippen molar-refractivity contribution >= 4 is 23.7 Å². The molecule has 0 saturated carbocycles. The van der Waals surface area contributed by atoms with Crippen molar-refractivity contribution in [3.8, 4) is 5.75 Å². The lowest BCUT2D eigenvalue weighted by Crippen LogP contribution is -2.20. The van der Waals surface area contributed by atoms with E-state index in [1.807, 2.05) is 25.1 Å². The van der Waals surface area contributed by atoms with Gasteiger partial charge in [-0.2, -0.15) is 5.10 Å². The number of carbonyl (C=O) groups excluding carboxylic acids is 2. The zero-order valence-electron chi connectivity index (χ0n) is 14.4. The molecule has 6 nitrogen and oxygen atoms in total. The highest BCUT2D eigenvalue weighted by Gasteiger charge is 2.08. The number of para-hydroxylation sites is 1. The number of ether oxygens (including phenoxy) is 1. The highest BCUT2D eigenvalue weighted by Crippen LogP contribution is 2.13. The molecule has 2 N–H and O–H groups in total. The third-order valence-electron chi connectivity index (χ3n) is 3.30. The molecular weight excluding hydrogens is 337 g/mol. The first-order valence-electron chi connectivity index (χ1n) is 8.17. The Bertz CT molecular complexity index is 793. The number of halogens is 1. The van der Waals surface area contributed by atoms with E-state index in [2.05, 4.69) is 15.8 Å². The van der Waals surface area contributed by atoms with Crippen LogP contribution in [0.2, 0.25) is 0 Å². The predicted octanol–water partition coefficient (Wildman–Crippen LogP) is 3.09. The number of carbonyl (C=O) groups is 2. The molecule has 0 bridgehead atoms. The molecule has 0 fully saturated rings. The van der Waals surface area contributed by atoms with Crippen molar-refractivity contribution in [2.75, 3.05) is 11.9 Å². The van der Waals surface area contributed by atoms with Crippen molar-refractivity contribution in [3.63, 3.8) is 0 Å². The third-order valence-corrected chi connectivity index (χ3v) is 3.30. The van der Waals surface area contributed by atoms with Gasteiger partial charge in [0.05, 0.1) is 18.5 Å². The molecule has 0 aliphatic carbocycles. The van der Waals surface area contributed by atoms with Gasteiger partial charge in [-0.25, -0.2) is 9.82 Å². The molecule has 0 atom stereocenters. The molecule has 0 aliphatic heterocycles. The number of rotatable bonds is 8. The topological polar surface area (TPSA) is 79.8 Å². The molecular formula is C19H20FN3O3. The highest BCUT2D eigenvalue weighted by molar-refractivity contribution is 5.93. The smallest absolute Gasteiger partial charge is 0.240 e. The van der Waals surface area contributed by atoms with Crippen LogP contribution in [0.3, 0.4) is 0 Å². The monoisotopic (exact) mass is 357 g/mol. The first-order valence-corrected chi connectivity index (χ1v) is 8.17. The first kappa shape index (κ1) is 19.1. The quantitative estimate of drug-likeness (QED) is 0.563. The molecule has 0 heterocycles. The van der Waals surface area contributed by atoms with Gasteiger partial charge in [-0.1, -0.05) is 24.3 Å². The largest absolute Gasteiger partial charge is 0.494 e. The number of hydrogen-bond acceptors (Lipinski definition) is 4. The van der Waals surface area contributed by atoms with Gasteiger partial charge in [0.1, 0.15) is 11.6 Å². The molecule has 0 unspecified atom stereocenters. The molecule has 2 aromatic rings. The molecule has 2 rings (SSSR count). The van der Waals surface area contributed by atoms with Crippen molar-refractivity contribution in [2.45, 2.75) is 19.8 Å². The Labute approximate surface area is 151 Å². The summed E-state index contributed by atoms with van der Waals surface area (Å²) >= 11 is 0. The number of anilines is 1. The number of benzene rings is 2. The van der Waals surface area contributed by atoms with Crippen LogP contribution in [-0.2, 0) is 9.59 Å². The lowest BCUT2D eigenvalue weighted by atomic mass is 10.2. The van der Waals surface area contributed by atoms with Gasteiger partial charge in [0.2, 0.25) is 11.8 Å². The second kappa shape index (κ2) is 9.93. The zero-order valence-corrected chi connectivity index (χ0v) is 14.4. The number of nitrogens with one attached hydrogen (secondary N) is 2. The Morgan fingerprint density at radius 3 is 2.65 bits per heavy atom. The van der Waals surface area contributed by atoms with Crippen molar-refractivity contribution < 1.29 is 18.7 Å². The van der Waals surface area contributed by atoms with Gasteiger partial charge in [0, 0.05) is 12.8 Å². The van der Waals surface area contributed by atoms with Crippen LogP contribution in [0.4, 0.5) is 10.1 Å². The number of nitrogens with zero attached hydrogens (tertiary/aromatic N) is 1. The molecule has 0 radical (unpaired) electrons. The van der Waals surface area contributed by atoms with E-state index in [0.717, 1.165) is 5.56 Å². The van der Waals surface area contributed by atoms with Gasteiger partial charge in [-0.05, 0) is 36.8 Å². The van der Waals surface area contributed by atoms with Crippen LogP contribution in [0.5, 0.6) is 5.75 Å². The fraction of sp³-hybridized carbons (Fsp3) is 0.211. The molecule has 7 heteroatoms. The van der Waals surface area contributed by atoms with Crippen LogP contribution in [-0.4, -0.2) is 24.6 Å². The van der Waals surface area contributed by atoms with Crippen molar-refractivity contribution in [3.05, 3.63) is 59.9 Å². The van der Waals surface area contributed by atoms with Gasteiger partial charge in [0.15, 0.2) is 0 Å². The number of hydrogen-bond donors (Lipinski definition) is 2. The Morgan fingerprint density at radius 1 is 1.12 bits per heavy atom. The SMILES string of the molecule is CCOc1cccc(C=NNC(=O)CCC(=O)Nc2ccccc2F)c1. The summed E-state index contributed by atoms with van der Waals surface area (Å²) in [6.07, 6.45) is 1.35. The average Bonchev–Trinajstić information content (AvgIpc) is 2.63. The molecule has 26 heavy (non-hydrogen) atoms. The number of hydrazone groups is 1. The minimum Gasteiger partial charge on any atom is -0.494 e. The molecule has 2 aromatic carbocycles. The summed E-state index contributed by atoms with van der Waals surface area (Å²) in [6, 6.07) is 13.1. The Morgan fingerprint density at radius 2 is 1.88 bits per heavy atom. The Hall–Kier alpha value is -3.22. The van der Waals surface area contributed by atoms with E-state index in [1.165, 1.54) is 24.4 Å². The van der Waals surface area contributed by atoms with E-state index in [4.69, 9.17) is 4.74 Å². The van der Waals surface area contributed by atoms with Crippen LogP contribution in [0.15, 0.2) is 53.6 Å². The number of amides is 2.